The van der Waals surface area contributed by atoms with E-state index in [2.05, 4.69) is 10.6 Å². The minimum Gasteiger partial charge on any atom is -0.355 e. The fourth-order valence-corrected chi connectivity index (χ4v) is 2.64. The van der Waals surface area contributed by atoms with E-state index in [0.29, 0.717) is 16.8 Å². The van der Waals surface area contributed by atoms with E-state index in [1.54, 1.807) is 37.4 Å². The number of anilines is 1. The van der Waals surface area contributed by atoms with E-state index in [0.717, 1.165) is 11.3 Å². The highest BCUT2D eigenvalue weighted by molar-refractivity contribution is 6.06. The minimum absolute atomic E-state index is 0.176. The van der Waals surface area contributed by atoms with Crippen LogP contribution in [0.1, 0.15) is 26.3 Å². The van der Waals surface area contributed by atoms with Gasteiger partial charge in [-0.05, 0) is 61.0 Å². The first-order valence-corrected chi connectivity index (χ1v) is 7.96. The molecule has 0 radical (unpaired) electrons. The van der Waals surface area contributed by atoms with E-state index < -0.39 is 0 Å². The highest BCUT2D eigenvalue weighted by atomic mass is 16.2. The number of hydrogen-bond donors (Lipinski definition) is 2. The summed E-state index contributed by atoms with van der Waals surface area (Å²) in [7, 11) is 1.58. The molecular formula is C20H19N3O2. The van der Waals surface area contributed by atoms with Crippen molar-refractivity contribution in [2.24, 2.45) is 0 Å². The summed E-state index contributed by atoms with van der Waals surface area (Å²) in [5.74, 6) is -0.388. The van der Waals surface area contributed by atoms with Gasteiger partial charge in [-0.25, -0.2) is 0 Å². The van der Waals surface area contributed by atoms with Crippen LogP contribution in [0.4, 0.5) is 5.69 Å². The van der Waals surface area contributed by atoms with Gasteiger partial charge in [-0.2, -0.15) is 0 Å². The van der Waals surface area contributed by atoms with Crippen molar-refractivity contribution in [1.82, 2.24) is 9.88 Å². The Hall–Kier alpha value is -3.34. The summed E-state index contributed by atoms with van der Waals surface area (Å²) in [6.07, 6.45) is 3.89. The van der Waals surface area contributed by atoms with Gasteiger partial charge in [0.1, 0.15) is 0 Å². The highest BCUT2D eigenvalue weighted by Crippen LogP contribution is 2.20. The first kappa shape index (κ1) is 16.5. The van der Waals surface area contributed by atoms with Gasteiger partial charge < -0.3 is 15.2 Å². The van der Waals surface area contributed by atoms with Gasteiger partial charge in [0.2, 0.25) is 0 Å². The van der Waals surface area contributed by atoms with Gasteiger partial charge >= 0.3 is 0 Å². The fourth-order valence-electron chi connectivity index (χ4n) is 2.64. The topological polar surface area (TPSA) is 63.1 Å². The summed E-state index contributed by atoms with van der Waals surface area (Å²) in [6, 6.07) is 16.5. The number of aromatic nitrogens is 1. The number of nitrogens with zero attached hydrogens (tertiary/aromatic N) is 1. The first-order valence-electron chi connectivity index (χ1n) is 7.96. The molecule has 2 N–H and O–H groups in total. The number of benzene rings is 2. The molecule has 0 aliphatic rings. The van der Waals surface area contributed by atoms with Gasteiger partial charge in [-0.3, -0.25) is 9.59 Å². The van der Waals surface area contributed by atoms with E-state index in [9.17, 15) is 9.59 Å². The number of carbonyl (C=O) groups excluding carboxylic acids is 2. The van der Waals surface area contributed by atoms with Gasteiger partial charge in [0.05, 0.1) is 0 Å². The predicted octanol–water partition coefficient (Wildman–Crippen LogP) is 3.40. The molecule has 25 heavy (non-hydrogen) atoms. The van der Waals surface area contributed by atoms with Crippen molar-refractivity contribution in [3.63, 3.8) is 0 Å². The maximum atomic E-state index is 12.5. The third-order valence-corrected chi connectivity index (χ3v) is 4.09. The largest absolute Gasteiger partial charge is 0.355 e. The lowest BCUT2D eigenvalue weighted by molar-refractivity contribution is 0.0960. The van der Waals surface area contributed by atoms with Crippen molar-refractivity contribution >= 4 is 17.5 Å². The lowest BCUT2D eigenvalue weighted by atomic mass is 10.1. The molecule has 3 rings (SSSR count). The average molecular weight is 333 g/mol. The third-order valence-electron chi connectivity index (χ3n) is 4.09. The molecule has 3 aromatic rings. The smallest absolute Gasteiger partial charge is 0.255 e. The molecule has 0 spiro atoms. The molecule has 0 saturated heterocycles. The van der Waals surface area contributed by atoms with Crippen molar-refractivity contribution in [2.75, 3.05) is 12.4 Å². The number of hydrogen-bond acceptors (Lipinski definition) is 2. The summed E-state index contributed by atoms with van der Waals surface area (Å²) < 4.78 is 1.97. The molecule has 2 amide bonds. The zero-order valence-electron chi connectivity index (χ0n) is 14.1. The molecule has 2 aromatic carbocycles. The number of nitrogens with one attached hydrogen (secondary N) is 2. The Kier molecular flexibility index (Phi) is 4.66. The number of carbonyl (C=O) groups is 2. The van der Waals surface area contributed by atoms with Crippen molar-refractivity contribution in [3.05, 3.63) is 83.7 Å². The minimum atomic E-state index is -0.212. The molecule has 5 nitrogen and oxygen atoms in total. The van der Waals surface area contributed by atoms with Crippen LogP contribution in [0.25, 0.3) is 5.69 Å². The lowest BCUT2D eigenvalue weighted by Gasteiger charge is -2.12. The Bertz CT molecular complexity index is 897. The Labute approximate surface area is 146 Å². The maximum absolute atomic E-state index is 12.5. The Morgan fingerprint density at radius 3 is 2.20 bits per heavy atom. The summed E-state index contributed by atoms with van der Waals surface area (Å²) in [5.41, 5.74) is 3.45. The monoisotopic (exact) mass is 333 g/mol. The number of rotatable bonds is 4. The van der Waals surface area contributed by atoms with Crippen LogP contribution >= 0.6 is 0 Å². The maximum Gasteiger partial charge on any atom is 0.255 e. The van der Waals surface area contributed by atoms with E-state index in [-0.39, 0.29) is 11.8 Å². The Morgan fingerprint density at radius 1 is 0.880 bits per heavy atom. The second kappa shape index (κ2) is 7.05. The molecule has 5 heteroatoms. The number of amides is 2. The SMILES string of the molecule is CNC(=O)c1cccc(NC(=O)c2ccc(-n3cccc3)cc2)c1C. The standard InChI is InChI=1S/C20H19N3O2/c1-14-17(20(25)21-2)6-5-7-18(14)22-19(24)15-8-10-16(11-9-15)23-12-3-4-13-23/h3-13H,1-2H3,(H,21,25)(H,22,24). The van der Waals surface area contributed by atoms with Crippen LogP contribution < -0.4 is 10.6 Å². The molecule has 1 aromatic heterocycles. The van der Waals surface area contributed by atoms with E-state index in [1.165, 1.54) is 0 Å². The lowest BCUT2D eigenvalue weighted by Crippen LogP contribution is -2.20. The van der Waals surface area contributed by atoms with Crippen LogP contribution in [-0.4, -0.2) is 23.4 Å². The van der Waals surface area contributed by atoms with Gasteiger partial charge in [-0.1, -0.05) is 6.07 Å². The van der Waals surface area contributed by atoms with Crippen molar-refractivity contribution < 1.29 is 9.59 Å². The molecule has 0 bridgehead atoms. The van der Waals surface area contributed by atoms with Crippen molar-refractivity contribution in [1.29, 1.82) is 0 Å². The van der Waals surface area contributed by atoms with E-state index >= 15 is 0 Å². The van der Waals surface area contributed by atoms with E-state index in [1.807, 2.05) is 48.1 Å². The Balaban J connectivity index is 1.80. The molecule has 0 atom stereocenters. The molecule has 0 saturated carbocycles. The molecule has 0 fully saturated rings. The van der Waals surface area contributed by atoms with Gasteiger partial charge in [-0.15, -0.1) is 0 Å². The highest BCUT2D eigenvalue weighted by Gasteiger charge is 2.13. The summed E-state index contributed by atoms with van der Waals surface area (Å²) in [6.45, 7) is 1.81. The summed E-state index contributed by atoms with van der Waals surface area (Å²) >= 11 is 0. The van der Waals surface area contributed by atoms with Crippen LogP contribution in [0, 0.1) is 6.92 Å². The van der Waals surface area contributed by atoms with Crippen LogP contribution in [0.2, 0.25) is 0 Å². The van der Waals surface area contributed by atoms with Crippen LogP contribution in [-0.2, 0) is 0 Å². The second-order valence-electron chi connectivity index (χ2n) is 5.65. The molecule has 126 valence electrons. The first-order chi connectivity index (χ1) is 12.1. The zero-order chi connectivity index (χ0) is 17.8. The average Bonchev–Trinajstić information content (AvgIpc) is 3.17. The van der Waals surface area contributed by atoms with Gasteiger partial charge in [0.25, 0.3) is 11.8 Å². The predicted molar refractivity (Wildman–Crippen MR) is 98.3 cm³/mol. The van der Waals surface area contributed by atoms with Crippen LogP contribution in [0.5, 0.6) is 0 Å². The van der Waals surface area contributed by atoms with E-state index in [4.69, 9.17) is 0 Å². The second-order valence-corrected chi connectivity index (χ2v) is 5.65. The normalized spacial score (nSPS) is 10.3. The summed E-state index contributed by atoms with van der Waals surface area (Å²) in [4.78, 5) is 24.4. The summed E-state index contributed by atoms with van der Waals surface area (Å²) in [5, 5.41) is 5.47. The van der Waals surface area contributed by atoms with Crippen molar-refractivity contribution in [3.8, 4) is 5.69 Å². The Morgan fingerprint density at radius 2 is 1.56 bits per heavy atom. The van der Waals surface area contributed by atoms with Gasteiger partial charge in [0, 0.05) is 41.9 Å². The quantitative estimate of drug-likeness (QED) is 0.769. The molecule has 0 unspecified atom stereocenters. The molecule has 0 aliphatic heterocycles. The fraction of sp³-hybridized carbons (Fsp3) is 0.100. The van der Waals surface area contributed by atoms with Crippen LogP contribution in [0.15, 0.2) is 67.0 Å². The van der Waals surface area contributed by atoms with Crippen molar-refractivity contribution in [2.45, 2.75) is 6.92 Å². The molecule has 1 heterocycles. The van der Waals surface area contributed by atoms with Crippen LogP contribution in [0.3, 0.4) is 0 Å². The third kappa shape index (κ3) is 3.45. The molecule has 0 aliphatic carbocycles. The van der Waals surface area contributed by atoms with Gasteiger partial charge in [0.15, 0.2) is 0 Å². The molecular weight excluding hydrogens is 314 g/mol. The zero-order valence-corrected chi connectivity index (χ0v) is 14.1.